The largest absolute Gasteiger partial charge is 0.481 e. The molecule has 0 amide bonds. The third-order valence-electron chi connectivity index (χ3n) is 2.86. The Hall–Kier alpha value is -2.52. The number of rotatable bonds is 6. The average molecular weight is 324 g/mol. The number of nitrogens with zero attached hydrogens (tertiary/aromatic N) is 1. The van der Waals surface area contributed by atoms with Gasteiger partial charge in [-0.1, -0.05) is 18.2 Å². The predicted molar refractivity (Wildman–Crippen MR) is 75.7 cm³/mol. The van der Waals surface area contributed by atoms with Crippen LogP contribution in [0.4, 0.5) is 0 Å². The van der Waals surface area contributed by atoms with Crippen LogP contribution in [0.2, 0.25) is 0 Å². The van der Waals surface area contributed by atoms with Crippen LogP contribution in [0.3, 0.4) is 0 Å². The number of para-hydroxylation sites is 1. The molecule has 1 aromatic carbocycles. The van der Waals surface area contributed by atoms with E-state index in [-0.39, 0.29) is 10.4 Å². The van der Waals surface area contributed by atoms with Crippen LogP contribution in [0.15, 0.2) is 41.4 Å². The molecule has 0 aliphatic heterocycles. The minimum Gasteiger partial charge on any atom is -0.481 e. The van der Waals surface area contributed by atoms with Gasteiger partial charge in [-0.15, -0.1) is 0 Å². The molecule has 0 bridgehead atoms. The van der Waals surface area contributed by atoms with E-state index in [2.05, 4.69) is 4.98 Å². The quantitative estimate of drug-likeness (QED) is 0.702. The highest BCUT2D eigenvalue weighted by molar-refractivity contribution is 7.89. The van der Waals surface area contributed by atoms with Crippen molar-refractivity contribution >= 4 is 32.9 Å². The summed E-state index contributed by atoms with van der Waals surface area (Å²) in [5.74, 6) is -3.00. The van der Waals surface area contributed by atoms with Crippen LogP contribution in [0, 0.1) is 0 Å². The molecule has 116 valence electrons. The molecule has 0 fully saturated rings. The van der Waals surface area contributed by atoms with Crippen LogP contribution >= 0.6 is 0 Å². The SMILES string of the molecule is O=C(O)C[C@H](NS(=O)(=O)c1cccc2cccnc12)C(=O)O. The monoisotopic (exact) mass is 324 g/mol. The first kappa shape index (κ1) is 15.9. The third kappa shape index (κ3) is 3.38. The second-order valence-electron chi connectivity index (χ2n) is 4.44. The molecule has 0 aliphatic rings. The lowest BCUT2D eigenvalue weighted by atomic mass is 10.2. The van der Waals surface area contributed by atoms with Crippen molar-refractivity contribution in [1.29, 1.82) is 0 Å². The van der Waals surface area contributed by atoms with Gasteiger partial charge in [-0.3, -0.25) is 14.6 Å². The van der Waals surface area contributed by atoms with Gasteiger partial charge >= 0.3 is 11.9 Å². The van der Waals surface area contributed by atoms with E-state index >= 15 is 0 Å². The second kappa shape index (κ2) is 6.08. The van der Waals surface area contributed by atoms with Crippen molar-refractivity contribution in [3.8, 4) is 0 Å². The van der Waals surface area contributed by atoms with Crippen molar-refractivity contribution in [1.82, 2.24) is 9.71 Å². The molecule has 0 radical (unpaired) electrons. The first-order valence-electron chi connectivity index (χ1n) is 6.12. The predicted octanol–water partition coefficient (Wildman–Crippen LogP) is 0.441. The molecule has 1 heterocycles. The van der Waals surface area contributed by atoms with Gasteiger partial charge in [0, 0.05) is 11.6 Å². The van der Waals surface area contributed by atoms with Gasteiger partial charge in [0.05, 0.1) is 11.9 Å². The van der Waals surface area contributed by atoms with E-state index in [1.807, 2.05) is 4.72 Å². The molecule has 0 spiro atoms. The van der Waals surface area contributed by atoms with Crippen LogP contribution in [-0.2, 0) is 19.6 Å². The van der Waals surface area contributed by atoms with Crippen molar-refractivity contribution in [2.24, 2.45) is 0 Å². The van der Waals surface area contributed by atoms with Crippen molar-refractivity contribution in [2.45, 2.75) is 17.4 Å². The van der Waals surface area contributed by atoms with Gasteiger partial charge in [-0.25, -0.2) is 8.42 Å². The molecule has 0 saturated heterocycles. The maximum atomic E-state index is 12.3. The van der Waals surface area contributed by atoms with E-state index in [4.69, 9.17) is 10.2 Å². The van der Waals surface area contributed by atoms with Crippen LogP contribution < -0.4 is 4.72 Å². The summed E-state index contributed by atoms with van der Waals surface area (Å²) >= 11 is 0. The summed E-state index contributed by atoms with van der Waals surface area (Å²) in [5, 5.41) is 18.2. The number of carboxylic acid groups (broad SMARTS) is 2. The number of sulfonamides is 1. The van der Waals surface area contributed by atoms with Gasteiger partial charge < -0.3 is 10.2 Å². The number of carboxylic acids is 2. The van der Waals surface area contributed by atoms with Crippen molar-refractivity contribution in [2.75, 3.05) is 0 Å². The number of benzene rings is 1. The van der Waals surface area contributed by atoms with E-state index in [9.17, 15) is 18.0 Å². The molecule has 22 heavy (non-hydrogen) atoms. The Labute approximate surface area is 125 Å². The summed E-state index contributed by atoms with van der Waals surface area (Å²) in [6.07, 6.45) is 0.542. The molecule has 8 nitrogen and oxygen atoms in total. The number of hydrogen-bond donors (Lipinski definition) is 3. The summed E-state index contributed by atoms with van der Waals surface area (Å²) in [6.45, 7) is 0. The molecule has 2 rings (SSSR count). The first-order valence-corrected chi connectivity index (χ1v) is 7.60. The topological polar surface area (TPSA) is 134 Å². The molecule has 3 N–H and O–H groups in total. The van der Waals surface area contributed by atoms with Crippen molar-refractivity contribution in [3.63, 3.8) is 0 Å². The molecular weight excluding hydrogens is 312 g/mol. The zero-order chi connectivity index (χ0) is 16.3. The highest BCUT2D eigenvalue weighted by Crippen LogP contribution is 2.20. The Balaban J connectivity index is 2.44. The molecule has 0 saturated carbocycles. The number of aliphatic carboxylic acids is 2. The van der Waals surface area contributed by atoms with Gasteiger partial charge in [0.1, 0.15) is 10.9 Å². The Morgan fingerprint density at radius 3 is 2.50 bits per heavy atom. The molecule has 0 unspecified atom stereocenters. The number of carbonyl (C=O) groups is 2. The molecule has 2 aromatic rings. The fourth-order valence-corrected chi connectivity index (χ4v) is 3.27. The minimum atomic E-state index is -4.23. The highest BCUT2D eigenvalue weighted by Gasteiger charge is 2.28. The normalized spacial score (nSPS) is 12.9. The van der Waals surface area contributed by atoms with E-state index in [1.165, 1.54) is 18.3 Å². The maximum Gasteiger partial charge on any atom is 0.322 e. The summed E-state index contributed by atoms with van der Waals surface area (Å²) < 4.78 is 26.6. The second-order valence-corrected chi connectivity index (χ2v) is 6.12. The maximum absolute atomic E-state index is 12.3. The van der Waals surface area contributed by atoms with Gasteiger partial charge in [0.25, 0.3) is 0 Å². The number of pyridine rings is 1. The van der Waals surface area contributed by atoms with Crippen LogP contribution in [0.25, 0.3) is 10.9 Å². The zero-order valence-electron chi connectivity index (χ0n) is 11.1. The lowest BCUT2D eigenvalue weighted by Gasteiger charge is -2.13. The van der Waals surface area contributed by atoms with Crippen LogP contribution in [0.5, 0.6) is 0 Å². The van der Waals surface area contributed by atoms with E-state index < -0.39 is 34.4 Å². The Bertz CT molecular complexity index is 828. The third-order valence-corrected chi connectivity index (χ3v) is 4.36. The van der Waals surface area contributed by atoms with E-state index in [0.29, 0.717) is 5.39 Å². The Morgan fingerprint density at radius 1 is 1.18 bits per heavy atom. The summed E-state index contributed by atoms with van der Waals surface area (Å²) in [6, 6.07) is 5.96. The fourth-order valence-electron chi connectivity index (χ4n) is 1.90. The first-order chi connectivity index (χ1) is 10.3. The Morgan fingerprint density at radius 2 is 1.86 bits per heavy atom. The number of aromatic nitrogens is 1. The molecule has 1 aromatic heterocycles. The van der Waals surface area contributed by atoms with E-state index in [1.54, 1.807) is 18.2 Å². The van der Waals surface area contributed by atoms with Gasteiger partial charge in [-0.2, -0.15) is 4.72 Å². The van der Waals surface area contributed by atoms with Crippen LogP contribution in [0.1, 0.15) is 6.42 Å². The van der Waals surface area contributed by atoms with Gasteiger partial charge in [0.15, 0.2) is 0 Å². The van der Waals surface area contributed by atoms with Gasteiger partial charge in [-0.05, 0) is 12.1 Å². The molecule has 9 heteroatoms. The lowest BCUT2D eigenvalue weighted by Crippen LogP contribution is -2.42. The zero-order valence-corrected chi connectivity index (χ0v) is 11.9. The van der Waals surface area contributed by atoms with Crippen LogP contribution in [-0.4, -0.2) is 41.6 Å². The summed E-state index contributed by atoms with van der Waals surface area (Å²) in [5.41, 5.74) is 0.178. The summed E-state index contributed by atoms with van der Waals surface area (Å²) in [4.78, 5) is 25.4. The van der Waals surface area contributed by atoms with Crippen molar-refractivity contribution < 1.29 is 28.2 Å². The number of hydrogen-bond acceptors (Lipinski definition) is 5. The summed E-state index contributed by atoms with van der Waals surface area (Å²) in [7, 11) is -4.23. The fraction of sp³-hybridized carbons (Fsp3) is 0.154. The smallest absolute Gasteiger partial charge is 0.322 e. The molecule has 1 atom stereocenters. The minimum absolute atomic E-state index is 0.178. The standard InChI is InChI=1S/C13H12N2O6S/c16-11(17)7-9(13(18)19)15-22(20,21)10-5-1-3-8-4-2-6-14-12(8)10/h1-6,9,15H,7H2,(H,16,17)(H,18,19)/t9-/m0/s1. The number of nitrogens with one attached hydrogen (secondary N) is 1. The lowest BCUT2D eigenvalue weighted by molar-refractivity contribution is -0.145. The Kier molecular flexibility index (Phi) is 4.38. The van der Waals surface area contributed by atoms with E-state index in [0.717, 1.165) is 0 Å². The van der Waals surface area contributed by atoms with Crippen molar-refractivity contribution in [3.05, 3.63) is 36.5 Å². The molecular formula is C13H12N2O6S. The highest BCUT2D eigenvalue weighted by atomic mass is 32.2. The van der Waals surface area contributed by atoms with Gasteiger partial charge in [0.2, 0.25) is 10.0 Å². The molecule has 0 aliphatic carbocycles. The number of fused-ring (bicyclic) bond motifs is 1. The average Bonchev–Trinajstić information content (AvgIpc) is 2.45.